The second-order valence-electron chi connectivity index (χ2n) is 23.3. The topological polar surface area (TPSA) is 72.8 Å². The van der Waals surface area contributed by atoms with E-state index in [1.54, 1.807) is 0 Å². The largest absolute Gasteiger partial charge is 0.462 e. The van der Waals surface area contributed by atoms with Gasteiger partial charge in [0.1, 0.15) is 6.61 Å². The number of rotatable bonds is 64. The highest BCUT2D eigenvalue weighted by Crippen LogP contribution is 2.19. The molecule has 442 valence electrons. The van der Waals surface area contributed by atoms with Gasteiger partial charge in [0, 0.05) is 12.8 Å². The summed E-state index contributed by atoms with van der Waals surface area (Å²) in [5, 5.41) is 9.69. The molecule has 5 nitrogen and oxygen atoms in total. The monoisotopic (exact) mass is 1050 g/mol. The van der Waals surface area contributed by atoms with Crippen molar-refractivity contribution in [2.45, 2.75) is 386 Å². The van der Waals surface area contributed by atoms with Crippen molar-refractivity contribution in [3.8, 4) is 0 Å². The number of hydrogen-bond donors (Lipinski definition) is 1. The predicted molar refractivity (Wildman–Crippen MR) is 330 cm³/mol. The molecule has 0 aromatic heterocycles. The van der Waals surface area contributed by atoms with E-state index in [1.165, 1.54) is 308 Å². The van der Waals surface area contributed by atoms with E-state index >= 15 is 0 Å². The Balaban J connectivity index is 3.40. The maximum absolute atomic E-state index is 12.4. The van der Waals surface area contributed by atoms with Gasteiger partial charge >= 0.3 is 11.9 Å². The van der Waals surface area contributed by atoms with Crippen LogP contribution in [0.15, 0.2) is 36.5 Å². The van der Waals surface area contributed by atoms with E-state index in [1.807, 2.05) is 0 Å². The maximum Gasteiger partial charge on any atom is 0.306 e. The van der Waals surface area contributed by atoms with Gasteiger partial charge in [0.2, 0.25) is 0 Å². The molecule has 0 bridgehead atoms. The van der Waals surface area contributed by atoms with Crippen molar-refractivity contribution in [3.63, 3.8) is 0 Å². The lowest BCUT2D eigenvalue weighted by atomic mass is 10.0. The summed E-state index contributed by atoms with van der Waals surface area (Å²) in [6, 6.07) is 0. The molecule has 0 aliphatic carbocycles. The third-order valence-corrected chi connectivity index (χ3v) is 15.7. The Morgan fingerprint density at radius 3 is 0.800 bits per heavy atom. The van der Waals surface area contributed by atoms with Crippen molar-refractivity contribution < 1.29 is 24.2 Å². The first-order valence-electron chi connectivity index (χ1n) is 34.0. The van der Waals surface area contributed by atoms with Gasteiger partial charge < -0.3 is 14.6 Å². The second-order valence-corrected chi connectivity index (χ2v) is 23.3. The highest BCUT2D eigenvalue weighted by molar-refractivity contribution is 5.70. The normalized spacial score (nSPS) is 12.3. The van der Waals surface area contributed by atoms with Gasteiger partial charge in [-0.15, -0.1) is 0 Å². The summed E-state index contributed by atoms with van der Waals surface area (Å²) in [7, 11) is 0. The Morgan fingerprint density at radius 2 is 0.533 bits per heavy atom. The van der Waals surface area contributed by atoms with E-state index in [0.29, 0.717) is 12.8 Å². The first-order valence-corrected chi connectivity index (χ1v) is 34.0. The van der Waals surface area contributed by atoms with Crippen LogP contribution in [0.25, 0.3) is 0 Å². The van der Waals surface area contributed by atoms with Gasteiger partial charge in [-0.2, -0.15) is 0 Å². The SMILES string of the molecule is CCCCCCC/C=C\C/C=C\C/C=C\CCCCCCCCCCCCCCCCC(=O)OC(CO)COC(=O)CCCCCCCCCCCCCCCCCCCCCCCCCCCCCCCCCC. The van der Waals surface area contributed by atoms with Crippen molar-refractivity contribution in [1.29, 1.82) is 0 Å². The second kappa shape index (κ2) is 66.4. The number of unbranched alkanes of at least 4 members (excludes halogenated alkanes) is 50. The molecule has 0 saturated heterocycles. The summed E-state index contributed by atoms with van der Waals surface area (Å²) < 4.78 is 10.8. The van der Waals surface area contributed by atoms with E-state index < -0.39 is 6.10 Å². The highest BCUT2D eigenvalue weighted by Gasteiger charge is 2.16. The first-order chi connectivity index (χ1) is 37.1. The van der Waals surface area contributed by atoms with Gasteiger partial charge in [0.25, 0.3) is 0 Å². The number of allylic oxidation sites excluding steroid dienone is 6. The number of aliphatic hydroxyl groups excluding tert-OH is 1. The van der Waals surface area contributed by atoms with Crippen LogP contribution in [0.4, 0.5) is 0 Å². The minimum absolute atomic E-state index is 0.0604. The molecule has 0 fully saturated rings. The van der Waals surface area contributed by atoms with Crippen LogP contribution in [0.2, 0.25) is 0 Å². The van der Waals surface area contributed by atoms with Crippen LogP contribution in [-0.2, 0) is 19.1 Å². The molecule has 0 rings (SSSR count). The minimum atomic E-state index is -0.771. The fourth-order valence-electron chi connectivity index (χ4n) is 10.6. The van der Waals surface area contributed by atoms with Crippen molar-refractivity contribution in [2.24, 2.45) is 0 Å². The van der Waals surface area contributed by atoms with E-state index in [0.717, 1.165) is 44.9 Å². The summed E-state index contributed by atoms with van der Waals surface area (Å²) in [6.45, 7) is 4.19. The quantitative estimate of drug-likeness (QED) is 0.0373. The Morgan fingerprint density at radius 1 is 0.307 bits per heavy atom. The molecule has 0 amide bonds. The molecule has 1 atom stereocenters. The van der Waals surface area contributed by atoms with Crippen molar-refractivity contribution >= 4 is 11.9 Å². The van der Waals surface area contributed by atoms with Gasteiger partial charge in [-0.05, 0) is 51.4 Å². The van der Waals surface area contributed by atoms with Gasteiger partial charge in [0.15, 0.2) is 6.10 Å². The highest BCUT2D eigenvalue weighted by atomic mass is 16.6. The van der Waals surface area contributed by atoms with E-state index in [-0.39, 0.29) is 25.2 Å². The van der Waals surface area contributed by atoms with Crippen molar-refractivity contribution in [3.05, 3.63) is 36.5 Å². The van der Waals surface area contributed by atoms with E-state index in [4.69, 9.17) is 9.47 Å². The van der Waals surface area contributed by atoms with Gasteiger partial charge in [-0.25, -0.2) is 0 Å². The number of carbonyl (C=O) groups is 2. The standard InChI is InChI=1S/C70H132O5/c1-3-5-7-9-11-13-15-17-19-21-23-25-27-29-31-33-34-35-37-38-40-42-44-46-48-50-52-54-56-58-60-62-64-69(72)74-67-68(66-71)75-70(73)65-63-61-59-57-55-53-51-49-47-45-43-41-39-36-32-30-28-26-24-22-20-18-16-14-12-10-8-6-4-2/h16,18,22,24,28,30,68,71H,3-15,17,19-21,23,25-27,29,31-67H2,1-2H3/b18-16-,24-22-,30-28-. The van der Waals surface area contributed by atoms with Gasteiger partial charge in [0.05, 0.1) is 6.61 Å². The molecule has 1 N–H and O–H groups in total. The molecule has 0 aromatic rings. The molecule has 0 aromatic carbocycles. The van der Waals surface area contributed by atoms with Crippen LogP contribution in [0.5, 0.6) is 0 Å². The third kappa shape index (κ3) is 64.5. The molecule has 0 aliphatic heterocycles. The Bertz CT molecular complexity index is 1190. The van der Waals surface area contributed by atoms with E-state index in [9.17, 15) is 14.7 Å². The summed E-state index contributed by atoms with van der Waals surface area (Å²) in [5.41, 5.74) is 0. The number of aliphatic hydroxyl groups is 1. The Hall–Kier alpha value is -1.88. The molecule has 0 aliphatic rings. The lowest BCUT2D eigenvalue weighted by molar-refractivity contribution is -0.161. The van der Waals surface area contributed by atoms with Crippen LogP contribution in [0, 0.1) is 0 Å². The number of carbonyl (C=O) groups excluding carboxylic acids is 2. The predicted octanol–water partition coefficient (Wildman–Crippen LogP) is 23.4. The van der Waals surface area contributed by atoms with Crippen LogP contribution in [0.1, 0.15) is 380 Å². The maximum atomic E-state index is 12.4. The first kappa shape index (κ1) is 73.1. The number of esters is 2. The molecule has 5 heteroatoms. The lowest BCUT2D eigenvalue weighted by Gasteiger charge is -2.15. The fourth-order valence-corrected chi connectivity index (χ4v) is 10.6. The van der Waals surface area contributed by atoms with Crippen LogP contribution in [-0.4, -0.2) is 36.4 Å². The smallest absolute Gasteiger partial charge is 0.306 e. The molecular weight excluding hydrogens is 921 g/mol. The van der Waals surface area contributed by atoms with Crippen LogP contribution < -0.4 is 0 Å². The summed E-state index contributed by atoms with van der Waals surface area (Å²) in [5.74, 6) is -0.569. The average molecular weight is 1050 g/mol. The average Bonchev–Trinajstić information content (AvgIpc) is 3.41. The van der Waals surface area contributed by atoms with Crippen molar-refractivity contribution in [2.75, 3.05) is 13.2 Å². The summed E-state index contributed by atoms with van der Waals surface area (Å²) >= 11 is 0. The zero-order valence-corrected chi connectivity index (χ0v) is 50.8. The fraction of sp³-hybridized carbons (Fsp3) is 0.886. The summed E-state index contributed by atoms with van der Waals surface area (Å²) in [6.07, 6.45) is 87.5. The van der Waals surface area contributed by atoms with Crippen LogP contribution >= 0.6 is 0 Å². The van der Waals surface area contributed by atoms with Crippen molar-refractivity contribution in [1.82, 2.24) is 0 Å². The molecule has 0 radical (unpaired) electrons. The molecule has 75 heavy (non-hydrogen) atoms. The summed E-state index contributed by atoms with van der Waals surface area (Å²) in [4.78, 5) is 24.6. The van der Waals surface area contributed by atoms with E-state index in [2.05, 4.69) is 50.3 Å². The third-order valence-electron chi connectivity index (χ3n) is 15.7. The molecular formula is C70H132O5. The molecule has 0 spiro atoms. The Kier molecular flexibility index (Phi) is 64.7. The number of hydrogen-bond acceptors (Lipinski definition) is 5. The zero-order valence-electron chi connectivity index (χ0n) is 50.8. The molecule has 0 saturated carbocycles. The zero-order chi connectivity index (χ0) is 54.1. The molecule has 0 heterocycles. The Labute approximate surface area is 469 Å². The minimum Gasteiger partial charge on any atom is -0.462 e. The van der Waals surface area contributed by atoms with Gasteiger partial charge in [-0.3, -0.25) is 9.59 Å². The van der Waals surface area contributed by atoms with Gasteiger partial charge in [-0.1, -0.05) is 352 Å². The lowest BCUT2D eigenvalue weighted by Crippen LogP contribution is -2.28. The molecule has 1 unspecified atom stereocenters. The van der Waals surface area contributed by atoms with Crippen LogP contribution in [0.3, 0.4) is 0 Å². The number of ether oxygens (including phenoxy) is 2.